The molecule has 0 heterocycles. The molecule has 0 amide bonds. The Morgan fingerprint density at radius 2 is 1.63 bits per heavy atom. The number of halogens is 6. The summed E-state index contributed by atoms with van der Waals surface area (Å²) in [5.74, 6) is -0.777. The van der Waals surface area contributed by atoms with Gasteiger partial charge in [-0.2, -0.15) is 26.3 Å². The fraction of sp³-hybridized carbons (Fsp3) is 0.333. The molecule has 0 aromatic heterocycles. The summed E-state index contributed by atoms with van der Waals surface area (Å²) < 4.78 is 79.5. The molecular weight excluding hydrogens is 376 g/mol. The average molecular weight is 393 g/mol. The van der Waals surface area contributed by atoms with Crippen molar-refractivity contribution in [3.05, 3.63) is 59.2 Å². The Morgan fingerprint density at radius 1 is 1.00 bits per heavy atom. The van der Waals surface area contributed by atoms with Gasteiger partial charge in [-0.05, 0) is 30.7 Å². The van der Waals surface area contributed by atoms with Crippen LogP contribution in [-0.4, -0.2) is 17.9 Å². The Labute approximate surface area is 151 Å². The normalized spacial score (nSPS) is 13.4. The number of aromatic hydroxyl groups is 1. The van der Waals surface area contributed by atoms with Crippen molar-refractivity contribution in [2.75, 3.05) is 6.61 Å². The highest BCUT2D eigenvalue weighted by Gasteiger charge is 2.35. The van der Waals surface area contributed by atoms with Gasteiger partial charge in [0.15, 0.2) is 6.61 Å². The number of ether oxygens (including phenoxy) is 1. The van der Waals surface area contributed by atoms with Crippen LogP contribution in [0.25, 0.3) is 0 Å². The summed E-state index contributed by atoms with van der Waals surface area (Å²) in [5.41, 5.74) is -0.331. The highest BCUT2D eigenvalue weighted by molar-refractivity contribution is 5.43. The van der Waals surface area contributed by atoms with Crippen molar-refractivity contribution in [1.29, 1.82) is 0 Å². The number of phenols is 1. The van der Waals surface area contributed by atoms with E-state index in [1.807, 2.05) is 0 Å². The Bertz CT molecular complexity index is 756. The maximum atomic E-state index is 12.9. The van der Waals surface area contributed by atoms with E-state index in [4.69, 9.17) is 0 Å². The van der Waals surface area contributed by atoms with Gasteiger partial charge in [0.05, 0.1) is 5.56 Å². The molecule has 0 fully saturated rings. The minimum Gasteiger partial charge on any atom is -0.507 e. The molecule has 1 atom stereocenters. The second-order valence-electron chi connectivity index (χ2n) is 5.89. The monoisotopic (exact) mass is 393 g/mol. The molecule has 2 aromatic rings. The van der Waals surface area contributed by atoms with E-state index in [1.54, 1.807) is 6.92 Å². The molecule has 2 aromatic carbocycles. The van der Waals surface area contributed by atoms with Crippen molar-refractivity contribution in [3.63, 3.8) is 0 Å². The quantitative estimate of drug-likeness (QED) is 0.663. The van der Waals surface area contributed by atoms with E-state index >= 15 is 0 Å². The Kier molecular flexibility index (Phi) is 6.25. The topological polar surface area (TPSA) is 41.5 Å². The number of phenolic OH excluding ortho intramolecular Hbond substituents is 1. The third-order valence-electron chi connectivity index (χ3n) is 3.78. The van der Waals surface area contributed by atoms with Gasteiger partial charge in [0.25, 0.3) is 0 Å². The van der Waals surface area contributed by atoms with Crippen LogP contribution in [0.2, 0.25) is 0 Å². The maximum absolute atomic E-state index is 12.9. The molecule has 0 aliphatic rings. The lowest BCUT2D eigenvalue weighted by atomic mass is 10.0. The summed E-state index contributed by atoms with van der Waals surface area (Å²) in [5, 5.41) is 12.8. The third-order valence-corrected chi connectivity index (χ3v) is 3.78. The zero-order chi connectivity index (χ0) is 20.2. The first-order valence-corrected chi connectivity index (χ1v) is 7.88. The van der Waals surface area contributed by atoms with Crippen molar-refractivity contribution in [2.24, 2.45) is 0 Å². The molecule has 0 aliphatic carbocycles. The molecule has 148 valence electrons. The smallest absolute Gasteiger partial charge is 0.422 e. The molecule has 3 nitrogen and oxygen atoms in total. The van der Waals surface area contributed by atoms with E-state index in [2.05, 4.69) is 10.1 Å². The van der Waals surface area contributed by atoms with Crippen LogP contribution in [0, 0.1) is 0 Å². The van der Waals surface area contributed by atoms with E-state index in [0.29, 0.717) is 5.56 Å². The van der Waals surface area contributed by atoms with Crippen LogP contribution in [0.5, 0.6) is 11.5 Å². The first-order chi connectivity index (χ1) is 12.5. The summed E-state index contributed by atoms with van der Waals surface area (Å²) in [6.07, 6.45) is -9.09. The second kappa shape index (κ2) is 8.08. The largest absolute Gasteiger partial charge is 0.507 e. The first-order valence-electron chi connectivity index (χ1n) is 7.88. The zero-order valence-corrected chi connectivity index (χ0v) is 14.2. The number of alkyl halides is 6. The van der Waals surface area contributed by atoms with E-state index in [-0.39, 0.29) is 17.9 Å². The lowest BCUT2D eigenvalue weighted by molar-refractivity contribution is -0.153. The van der Waals surface area contributed by atoms with E-state index < -0.39 is 36.3 Å². The fourth-order valence-electron chi connectivity index (χ4n) is 2.39. The van der Waals surface area contributed by atoms with Crippen molar-refractivity contribution >= 4 is 0 Å². The number of hydrogen-bond acceptors (Lipinski definition) is 3. The first kappa shape index (κ1) is 20.9. The van der Waals surface area contributed by atoms with Gasteiger partial charge in [-0.1, -0.05) is 24.3 Å². The lowest BCUT2D eigenvalue weighted by Gasteiger charge is -2.18. The van der Waals surface area contributed by atoms with Gasteiger partial charge in [0, 0.05) is 18.2 Å². The number of nitrogens with one attached hydrogen (secondary N) is 1. The van der Waals surface area contributed by atoms with Gasteiger partial charge >= 0.3 is 12.4 Å². The Hall–Kier alpha value is -2.42. The molecule has 0 saturated carbocycles. The second-order valence-corrected chi connectivity index (χ2v) is 5.89. The van der Waals surface area contributed by atoms with Gasteiger partial charge in [0.2, 0.25) is 0 Å². The van der Waals surface area contributed by atoms with Gasteiger partial charge in [-0.3, -0.25) is 0 Å². The molecule has 0 spiro atoms. The predicted octanol–water partition coefficient (Wildman–Crippen LogP) is 5.20. The number of para-hydroxylation sites is 1. The summed E-state index contributed by atoms with van der Waals surface area (Å²) >= 11 is 0. The molecule has 2 N–H and O–H groups in total. The zero-order valence-electron chi connectivity index (χ0n) is 14.2. The van der Waals surface area contributed by atoms with Crippen LogP contribution in [0.15, 0.2) is 42.5 Å². The minimum atomic E-state index is -4.66. The number of hydrogen-bond donors (Lipinski definition) is 2. The third kappa shape index (κ3) is 6.06. The van der Waals surface area contributed by atoms with Crippen LogP contribution in [0.4, 0.5) is 26.3 Å². The standard InChI is InChI=1S/C18H17F6NO2/c1-11(14-3-2-4-15(16(14)26)18(22,23)24)25-9-12-5-7-13(8-6-12)27-10-17(19,20)21/h2-8,11,25-26H,9-10H2,1H3/t11-/m1/s1. The minimum absolute atomic E-state index is 0.0552. The van der Waals surface area contributed by atoms with Crippen LogP contribution >= 0.6 is 0 Å². The van der Waals surface area contributed by atoms with E-state index in [9.17, 15) is 31.4 Å². The molecule has 0 unspecified atom stereocenters. The molecule has 0 radical (unpaired) electrons. The van der Waals surface area contributed by atoms with Gasteiger partial charge < -0.3 is 15.2 Å². The summed E-state index contributed by atoms with van der Waals surface area (Å²) in [6, 6.07) is 8.62. The summed E-state index contributed by atoms with van der Waals surface area (Å²) in [6.45, 7) is 0.433. The fourth-order valence-corrected chi connectivity index (χ4v) is 2.39. The summed E-state index contributed by atoms with van der Waals surface area (Å²) in [4.78, 5) is 0. The SMILES string of the molecule is C[C@@H](NCc1ccc(OCC(F)(F)F)cc1)c1cccc(C(F)(F)F)c1O. The number of rotatable bonds is 6. The highest BCUT2D eigenvalue weighted by Crippen LogP contribution is 2.39. The lowest BCUT2D eigenvalue weighted by Crippen LogP contribution is -2.20. The van der Waals surface area contributed by atoms with Crippen molar-refractivity contribution in [3.8, 4) is 11.5 Å². The van der Waals surface area contributed by atoms with Crippen molar-refractivity contribution < 1.29 is 36.2 Å². The highest BCUT2D eigenvalue weighted by atomic mass is 19.4. The number of benzene rings is 2. The molecule has 27 heavy (non-hydrogen) atoms. The van der Waals surface area contributed by atoms with Crippen molar-refractivity contribution in [1.82, 2.24) is 5.32 Å². The Morgan fingerprint density at radius 3 is 2.19 bits per heavy atom. The van der Waals surface area contributed by atoms with Crippen LogP contribution in [-0.2, 0) is 12.7 Å². The molecule has 0 aliphatic heterocycles. The van der Waals surface area contributed by atoms with Gasteiger partial charge in [-0.15, -0.1) is 0 Å². The molecule has 0 bridgehead atoms. The molecule has 2 rings (SSSR count). The predicted molar refractivity (Wildman–Crippen MR) is 86.4 cm³/mol. The summed E-state index contributed by atoms with van der Waals surface area (Å²) in [7, 11) is 0. The maximum Gasteiger partial charge on any atom is 0.422 e. The van der Waals surface area contributed by atoms with Crippen LogP contribution < -0.4 is 10.1 Å². The average Bonchev–Trinajstić information content (AvgIpc) is 2.57. The molecule has 0 saturated heterocycles. The van der Waals surface area contributed by atoms with Crippen LogP contribution in [0.1, 0.15) is 29.7 Å². The van der Waals surface area contributed by atoms with E-state index in [1.165, 1.54) is 36.4 Å². The Balaban J connectivity index is 1.99. The molecule has 9 heteroatoms. The van der Waals surface area contributed by atoms with Gasteiger partial charge in [-0.25, -0.2) is 0 Å². The van der Waals surface area contributed by atoms with Crippen molar-refractivity contribution in [2.45, 2.75) is 31.9 Å². The van der Waals surface area contributed by atoms with Gasteiger partial charge in [0.1, 0.15) is 11.5 Å². The van der Waals surface area contributed by atoms with Crippen LogP contribution in [0.3, 0.4) is 0 Å². The van der Waals surface area contributed by atoms with E-state index in [0.717, 1.165) is 6.07 Å². The molecular formula is C18H17F6NO2.